The predicted molar refractivity (Wildman–Crippen MR) is 102 cm³/mol. The largest absolute Gasteiger partial charge is 0.497 e. The zero-order chi connectivity index (χ0) is 19.2. The van der Waals surface area contributed by atoms with Crippen molar-refractivity contribution in [3.05, 3.63) is 76.3 Å². The molecule has 3 aromatic rings. The monoisotopic (exact) mass is 381 g/mol. The number of carbonyl (C=O) groups is 1. The molecule has 1 aromatic heterocycles. The van der Waals surface area contributed by atoms with Gasteiger partial charge < -0.3 is 4.74 Å². The number of aromatic nitrogens is 2. The van der Waals surface area contributed by atoms with Gasteiger partial charge in [-0.05, 0) is 48.5 Å². The first kappa shape index (κ1) is 18.5. The first-order chi connectivity index (χ1) is 13.1. The van der Waals surface area contributed by atoms with Gasteiger partial charge in [-0.15, -0.1) is 10.2 Å². The molecule has 3 rings (SSSR count). The highest BCUT2D eigenvalue weighted by molar-refractivity contribution is 7.99. The van der Waals surface area contributed by atoms with Crippen LogP contribution in [0, 0.1) is 10.1 Å². The van der Waals surface area contributed by atoms with Crippen LogP contribution in [0.4, 0.5) is 5.69 Å². The standard InChI is InChI=1S/C19H15N3O4S/c1-26-16-8-4-14(5-9-16)18(23)12-27-19-11-10-17(20-21-19)13-2-6-15(7-3-13)22(24)25/h2-11H,12H2,1H3. The molecule has 0 aliphatic carbocycles. The van der Waals surface area contributed by atoms with Crippen LogP contribution in [0.3, 0.4) is 0 Å². The van der Waals surface area contributed by atoms with Gasteiger partial charge >= 0.3 is 0 Å². The minimum Gasteiger partial charge on any atom is -0.497 e. The zero-order valence-corrected chi connectivity index (χ0v) is 15.2. The van der Waals surface area contributed by atoms with Crippen molar-refractivity contribution in [1.82, 2.24) is 10.2 Å². The Kier molecular flexibility index (Phi) is 5.77. The van der Waals surface area contributed by atoms with E-state index in [9.17, 15) is 14.9 Å². The Morgan fingerprint density at radius 2 is 1.74 bits per heavy atom. The van der Waals surface area contributed by atoms with Crippen LogP contribution in [-0.2, 0) is 0 Å². The molecule has 0 unspecified atom stereocenters. The second-order valence-corrected chi connectivity index (χ2v) is 6.50. The van der Waals surface area contributed by atoms with E-state index in [1.165, 1.54) is 23.9 Å². The Balaban J connectivity index is 1.61. The molecule has 2 aromatic carbocycles. The molecule has 7 nitrogen and oxygen atoms in total. The van der Waals surface area contributed by atoms with E-state index in [-0.39, 0.29) is 17.2 Å². The minimum atomic E-state index is -0.449. The molecule has 0 saturated heterocycles. The number of nitro benzene ring substituents is 1. The number of nitro groups is 1. The quantitative estimate of drug-likeness (QED) is 0.264. The molecule has 0 spiro atoms. The van der Waals surface area contributed by atoms with Crippen molar-refractivity contribution in [3.63, 3.8) is 0 Å². The number of Topliss-reactive ketones (excluding diaryl/α,β-unsaturated/α-hetero) is 1. The highest BCUT2D eigenvalue weighted by Gasteiger charge is 2.09. The molecule has 0 N–H and O–H groups in total. The summed E-state index contributed by atoms with van der Waals surface area (Å²) < 4.78 is 5.08. The van der Waals surface area contributed by atoms with Gasteiger partial charge in [-0.1, -0.05) is 11.8 Å². The minimum absolute atomic E-state index is 0.0103. The van der Waals surface area contributed by atoms with Gasteiger partial charge in [-0.25, -0.2) is 0 Å². The van der Waals surface area contributed by atoms with E-state index in [0.29, 0.717) is 22.0 Å². The van der Waals surface area contributed by atoms with Crippen LogP contribution in [0.15, 0.2) is 65.7 Å². The average molecular weight is 381 g/mol. The Bertz CT molecular complexity index is 942. The van der Waals surface area contributed by atoms with E-state index in [1.807, 2.05) is 0 Å². The van der Waals surface area contributed by atoms with Gasteiger partial charge in [0, 0.05) is 23.3 Å². The molecule has 0 fully saturated rings. The summed E-state index contributed by atoms with van der Waals surface area (Å²) in [5.41, 5.74) is 1.98. The van der Waals surface area contributed by atoms with Crippen LogP contribution < -0.4 is 4.74 Å². The van der Waals surface area contributed by atoms with Gasteiger partial charge in [0.1, 0.15) is 10.8 Å². The lowest BCUT2D eigenvalue weighted by Crippen LogP contribution is -2.02. The number of benzene rings is 2. The lowest BCUT2D eigenvalue weighted by molar-refractivity contribution is -0.384. The number of ketones is 1. The number of hydrogen-bond acceptors (Lipinski definition) is 7. The van der Waals surface area contributed by atoms with Gasteiger partial charge in [-0.2, -0.15) is 0 Å². The number of rotatable bonds is 7. The lowest BCUT2D eigenvalue weighted by Gasteiger charge is -2.04. The van der Waals surface area contributed by atoms with Crippen molar-refractivity contribution >= 4 is 23.2 Å². The van der Waals surface area contributed by atoms with E-state index in [1.54, 1.807) is 55.6 Å². The average Bonchev–Trinajstić information content (AvgIpc) is 2.72. The molecule has 0 atom stereocenters. The number of non-ortho nitro benzene ring substituents is 1. The number of hydrogen-bond donors (Lipinski definition) is 0. The molecule has 0 bridgehead atoms. The highest BCUT2D eigenvalue weighted by Crippen LogP contribution is 2.23. The van der Waals surface area contributed by atoms with Gasteiger partial charge in [0.25, 0.3) is 5.69 Å². The normalized spacial score (nSPS) is 10.4. The molecular formula is C19H15N3O4S. The van der Waals surface area contributed by atoms with Crippen LogP contribution in [0.25, 0.3) is 11.3 Å². The zero-order valence-electron chi connectivity index (χ0n) is 14.4. The molecule has 0 radical (unpaired) electrons. The number of ether oxygens (including phenoxy) is 1. The van der Waals surface area contributed by atoms with E-state index < -0.39 is 4.92 Å². The molecule has 0 saturated carbocycles. The van der Waals surface area contributed by atoms with Gasteiger partial charge in [0.2, 0.25) is 0 Å². The summed E-state index contributed by atoms with van der Waals surface area (Å²) in [4.78, 5) is 22.5. The van der Waals surface area contributed by atoms with Crippen molar-refractivity contribution in [2.24, 2.45) is 0 Å². The third kappa shape index (κ3) is 4.68. The van der Waals surface area contributed by atoms with Crippen molar-refractivity contribution in [1.29, 1.82) is 0 Å². The fourth-order valence-electron chi connectivity index (χ4n) is 2.30. The maximum Gasteiger partial charge on any atom is 0.269 e. The molecule has 0 aliphatic rings. The first-order valence-corrected chi connectivity index (χ1v) is 8.94. The summed E-state index contributed by atoms with van der Waals surface area (Å²) in [5, 5.41) is 19.6. The molecule has 136 valence electrons. The summed E-state index contributed by atoms with van der Waals surface area (Å²) >= 11 is 1.30. The van der Waals surface area contributed by atoms with E-state index in [0.717, 1.165) is 5.56 Å². The summed E-state index contributed by atoms with van der Waals surface area (Å²) in [6.45, 7) is 0. The highest BCUT2D eigenvalue weighted by atomic mass is 32.2. The number of nitrogens with zero attached hydrogens (tertiary/aromatic N) is 3. The lowest BCUT2D eigenvalue weighted by atomic mass is 10.1. The predicted octanol–water partition coefficient (Wildman–Crippen LogP) is 4.04. The summed E-state index contributed by atoms with van der Waals surface area (Å²) in [6, 6.07) is 16.6. The third-order valence-electron chi connectivity index (χ3n) is 3.78. The number of carbonyl (C=O) groups excluding carboxylic acids is 1. The summed E-state index contributed by atoms with van der Waals surface area (Å²) in [6.07, 6.45) is 0. The molecule has 8 heteroatoms. The third-order valence-corrected chi connectivity index (χ3v) is 4.70. The van der Waals surface area contributed by atoms with Gasteiger partial charge in [0.05, 0.1) is 23.5 Å². The molecule has 0 aliphatic heterocycles. The maximum atomic E-state index is 12.2. The van der Waals surface area contributed by atoms with Crippen molar-refractivity contribution in [2.45, 2.75) is 5.03 Å². The Morgan fingerprint density at radius 3 is 2.30 bits per heavy atom. The van der Waals surface area contributed by atoms with Crippen LogP contribution in [0.1, 0.15) is 10.4 Å². The van der Waals surface area contributed by atoms with Gasteiger partial charge in [-0.3, -0.25) is 14.9 Å². The van der Waals surface area contributed by atoms with Crippen molar-refractivity contribution < 1.29 is 14.5 Å². The summed E-state index contributed by atoms with van der Waals surface area (Å²) in [7, 11) is 1.58. The van der Waals surface area contributed by atoms with Crippen LogP contribution in [0.2, 0.25) is 0 Å². The van der Waals surface area contributed by atoms with Crippen LogP contribution in [-0.4, -0.2) is 33.8 Å². The second kappa shape index (κ2) is 8.41. The number of thioether (sulfide) groups is 1. The SMILES string of the molecule is COc1ccc(C(=O)CSc2ccc(-c3ccc([N+](=O)[O-])cc3)nn2)cc1. The fraction of sp³-hybridized carbons (Fsp3) is 0.105. The van der Waals surface area contributed by atoms with E-state index >= 15 is 0 Å². The topological polar surface area (TPSA) is 95.2 Å². The second-order valence-electron chi connectivity index (χ2n) is 5.50. The van der Waals surface area contributed by atoms with Crippen LogP contribution in [0.5, 0.6) is 5.75 Å². The van der Waals surface area contributed by atoms with E-state index in [2.05, 4.69) is 10.2 Å². The maximum absolute atomic E-state index is 12.2. The molecular weight excluding hydrogens is 366 g/mol. The molecule has 27 heavy (non-hydrogen) atoms. The van der Waals surface area contributed by atoms with Crippen molar-refractivity contribution in [2.75, 3.05) is 12.9 Å². The fourth-order valence-corrected chi connectivity index (χ4v) is 3.01. The Labute approximate surface area is 159 Å². The van der Waals surface area contributed by atoms with Gasteiger partial charge in [0.15, 0.2) is 5.78 Å². The molecule has 0 amide bonds. The Morgan fingerprint density at radius 1 is 1.04 bits per heavy atom. The summed E-state index contributed by atoms with van der Waals surface area (Å²) in [5.74, 6) is 0.938. The van der Waals surface area contributed by atoms with Crippen LogP contribution >= 0.6 is 11.8 Å². The smallest absolute Gasteiger partial charge is 0.269 e. The van der Waals surface area contributed by atoms with Crippen molar-refractivity contribution in [3.8, 4) is 17.0 Å². The Hall–Kier alpha value is -3.26. The molecule has 1 heterocycles. The number of methoxy groups -OCH3 is 1. The van der Waals surface area contributed by atoms with E-state index in [4.69, 9.17) is 4.74 Å². The first-order valence-electron chi connectivity index (χ1n) is 7.95.